The van der Waals surface area contributed by atoms with Gasteiger partial charge in [0.2, 0.25) is 5.91 Å². The van der Waals surface area contributed by atoms with Gasteiger partial charge in [0.1, 0.15) is 12.6 Å². The largest absolute Gasteiger partial charge is 0.480 e. The number of carboxylic acids is 1. The van der Waals surface area contributed by atoms with Crippen LogP contribution in [-0.4, -0.2) is 47.0 Å². The molecule has 0 heterocycles. The summed E-state index contributed by atoms with van der Waals surface area (Å²) < 4.78 is 0. The van der Waals surface area contributed by atoms with Crippen molar-refractivity contribution in [2.45, 2.75) is 39.7 Å². The molecule has 0 aliphatic heterocycles. The summed E-state index contributed by atoms with van der Waals surface area (Å²) in [5.74, 6) is -1.31. The average molecular weight is 273 g/mol. The summed E-state index contributed by atoms with van der Waals surface area (Å²) in [6.07, 6.45) is 1.06. The van der Waals surface area contributed by atoms with Crippen LogP contribution < -0.4 is 11.1 Å². The molecule has 0 fully saturated rings. The van der Waals surface area contributed by atoms with E-state index in [-0.39, 0.29) is 12.5 Å². The van der Waals surface area contributed by atoms with Gasteiger partial charge in [-0.15, -0.1) is 0 Å². The van der Waals surface area contributed by atoms with Gasteiger partial charge in [0.25, 0.3) is 0 Å². The first-order valence-electron chi connectivity index (χ1n) is 6.34. The van der Waals surface area contributed by atoms with Gasteiger partial charge >= 0.3 is 12.0 Å². The van der Waals surface area contributed by atoms with Crippen molar-refractivity contribution >= 4 is 17.9 Å². The monoisotopic (exact) mass is 273 g/mol. The number of amides is 3. The Morgan fingerprint density at radius 2 is 1.89 bits per heavy atom. The maximum Gasteiger partial charge on any atom is 0.323 e. The average Bonchev–Trinajstić information content (AvgIpc) is 2.24. The van der Waals surface area contributed by atoms with Crippen LogP contribution in [0.25, 0.3) is 0 Å². The van der Waals surface area contributed by atoms with Crippen LogP contribution in [0.1, 0.15) is 33.6 Å². The topological polar surface area (TPSA) is 113 Å². The highest BCUT2D eigenvalue weighted by molar-refractivity contribution is 5.88. The molecule has 0 aromatic rings. The zero-order chi connectivity index (χ0) is 15.0. The van der Waals surface area contributed by atoms with Gasteiger partial charge in [-0.25, -0.2) is 4.79 Å². The van der Waals surface area contributed by atoms with Crippen LogP contribution in [0.15, 0.2) is 0 Å². The van der Waals surface area contributed by atoms with E-state index in [2.05, 4.69) is 5.32 Å². The van der Waals surface area contributed by atoms with Crippen molar-refractivity contribution in [2.75, 3.05) is 13.1 Å². The highest BCUT2D eigenvalue weighted by Gasteiger charge is 2.26. The summed E-state index contributed by atoms with van der Waals surface area (Å²) in [6.45, 7) is 5.62. The first-order chi connectivity index (χ1) is 8.77. The van der Waals surface area contributed by atoms with E-state index >= 15 is 0 Å². The molecule has 0 radical (unpaired) electrons. The first-order valence-corrected chi connectivity index (χ1v) is 6.34. The lowest BCUT2D eigenvalue weighted by atomic mass is 10.0. The van der Waals surface area contributed by atoms with Gasteiger partial charge in [-0.2, -0.15) is 0 Å². The number of nitrogens with two attached hydrogens (primary N) is 1. The third-order valence-electron chi connectivity index (χ3n) is 2.45. The second-order valence-electron chi connectivity index (χ2n) is 4.84. The number of hydrogen-bond acceptors (Lipinski definition) is 3. The molecule has 3 amide bonds. The van der Waals surface area contributed by atoms with Crippen molar-refractivity contribution in [1.29, 1.82) is 0 Å². The molecule has 7 heteroatoms. The minimum atomic E-state index is -1.08. The third-order valence-corrected chi connectivity index (χ3v) is 2.45. The molecule has 0 saturated carbocycles. The Labute approximate surface area is 113 Å². The SMILES string of the molecule is CCCN(CC(=O)O)C(=O)C(CC(C)C)NC(N)=O. The van der Waals surface area contributed by atoms with Gasteiger partial charge in [-0.05, 0) is 18.8 Å². The van der Waals surface area contributed by atoms with Crippen LogP contribution >= 0.6 is 0 Å². The second-order valence-corrected chi connectivity index (χ2v) is 4.84. The summed E-state index contributed by atoms with van der Waals surface area (Å²) in [5, 5.41) is 11.2. The van der Waals surface area contributed by atoms with Crippen LogP contribution in [-0.2, 0) is 9.59 Å². The highest BCUT2D eigenvalue weighted by atomic mass is 16.4. The zero-order valence-corrected chi connectivity index (χ0v) is 11.7. The predicted molar refractivity (Wildman–Crippen MR) is 70.5 cm³/mol. The standard InChI is InChI=1S/C12H23N3O4/c1-4-5-15(7-10(16)17)11(18)9(6-8(2)3)14-12(13)19/h8-9H,4-7H2,1-3H3,(H,16,17)(H3,13,14,19). The van der Waals surface area contributed by atoms with Crippen molar-refractivity contribution in [3.05, 3.63) is 0 Å². The molecular formula is C12H23N3O4. The number of carbonyl (C=O) groups is 3. The number of rotatable bonds is 8. The van der Waals surface area contributed by atoms with Gasteiger partial charge in [-0.1, -0.05) is 20.8 Å². The van der Waals surface area contributed by atoms with Crippen molar-refractivity contribution in [1.82, 2.24) is 10.2 Å². The van der Waals surface area contributed by atoms with E-state index in [4.69, 9.17) is 10.8 Å². The molecule has 1 atom stereocenters. The van der Waals surface area contributed by atoms with E-state index in [0.717, 1.165) is 0 Å². The summed E-state index contributed by atoms with van der Waals surface area (Å²) in [5.41, 5.74) is 5.05. The van der Waals surface area contributed by atoms with Crippen molar-refractivity contribution in [3.63, 3.8) is 0 Å². The minimum absolute atomic E-state index is 0.175. The molecule has 0 aromatic heterocycles. The number of urea groups is 1. The Bertz CT molecular complexity index is 331. The zero-order valence-electron chi connectivity index (χ0n) is 11.7. The van der Waals surface area contributed by atoms with Gasteiger partial charge in [0.05, 0.1) is 0 Å². The van der Waals surface area contributed by atoms with Gasteiger partial charge < -0.3 is 21.1 Å². The lowest BCUT2D eigenvalue weighted by molar-refractivity contribution is -0.145. The summed E-state index contributed by atoms with van der Waals surface area (Å²) >= 11 is 0. The molecule has 110 valence electrons. The molecule has 0 saturated heterocycles. The smallest absolute Gasteiger partial charge is 0.323 e. The fraction of sp³-hybridized carbons (Fsp3) is 0.750. The Kier molecular flexibility index (Phi) is 7.55. The van der Waals surface area contributed by atoms with Gasteiger partial charge in [0.15, 0.2) is 0 Å². The Morgan fingerprint density at radius 1 is 1.32 bits per heavy atom. The van der Waals surface area contributed by atoms with E-state index in [0.29, 0.717) is 19.4 Å². The number of primary amides is 1. The molecule has 7 nitrogen and oxygen atoms in total. The van der Waals surface area contributed by atoms with Crippen molar-refractivity contribution in [3.8, 4) is 0 Å². The van der Waals surface area contributed by atoms with E-state index in [1.54, 1.807) is 0 Å². The summed E-state index contributed by atoms with van der Waals surface area (Å²) in [7, 11) is 0. The number of carboxylic acid groups (broad SMARTS) is 1. The van der Waals surface area contributed by atoms with E-state index in [1.165, 1.54) is 4.90 Å². The minimum Gasteiger partial charge on any atom is -0.480 e. The molecule has 0 bridgehead atoms. The van der Waals surface area contributed by atoms with E-state index < -0.39 is 23.9 Å². The molecule has 4 N–H and O–H groups in total. The first kappa shape index (κ1) is 17.2. The third kappa shape index (κ3) is 7.28. The summed E-state index contributed by atoms with van der Waals surface area (Å²) in [4.78, 5) is 35.1. The van der Waals surface area contributed by atoms with E-state index in [9.17, 15) is 14.4 Å². The Morgan fingerprint density at radius 3 is 2.26 bits per heavy atom. The lowest BCUT2D eigenvalue weighted by Crippen LogP contribution is -2.51. The van der Waals surface area contributed by atoms with Crippen LogP contribution in [0.2, 0.25) is 0 Å². The predicted octanol–water partition coefficient (Wildman–Crippen LogP) is 0.393. The molecule has 1 unspecified atom stereocenters. The van der Waals surface area contributed by atoms with Gasteiger partial charge in [-0.3, -0.25) is 9.59 Å². The number of carbonyl (C=O) groups excluding carboxylic acids is 2. The second kappa shape index (κ2) is 8.34. The normalized spacial score (nSPS) is 12.0. The van der Waals surface area contributed by atoms with Crippen LogP contribution in [0, 0.1) is 5.92 Å². The molecule has 0 rings (SSSR count). The molecular weight excluding hydrogens is 250 g/mol. The Balaban J connectivity index is 4.87. The van der Waals surface area contributed by atoms with Crippen molar-refractivity contribution < 1.29 is 19.5 Å². The fourth-order valence-electron chi connectivity index (χ4n) is 1.79. The summed E-state index contributed by atoms with van der Waals surface area (Å²) in [6, 6.07) is -1.56. The molecule has 19 heavy (non-hydrogen) atoms. The highest BCUT2D eigenvalue weighted by Crippen LogP contribution is 2.08. The van der Waals surface area contributed by atoms with Crippen molar-refractivity contribution in [2.24, 2.45) is 11.7 Å². The van der Waals surface area contributed by atoms with E-state index in [1.807, 2.05) is 20.8 Å². The number of nitrogens with one attached hydrogen (secondary N) is 1. The number of nitrogens with zero attached hydrogens (tertiary/aromatic N) is 1. The van der Waals surface area contributed by atoms with Crippen LogP contribution in [0.5, 0.6) is 0 Å². The Hall–Kier alpha value is -1.79. The van der Waals surface area contributed by atoms with Crippen LogP contribution in [0.4, 0.5) is 4.79 Å². The lowest BCUT2D eigenvalue weighted by Gasteiger charge is -2.26. The van der Waals surface area contributed by atoms with Gasteiger partial charge in [0, 0.05) is 6.54 Å². The maximum absolute atomic E-state index is 12.2. The molecule has 0 spiro atoms. The quantitative estimate of drug-likeness (QED) is 0.593. The fourth-order valence-corrected chi connectivity index (χ4v) is 1.79. The maximum atomic E-state index is 12.2. The molecule has 0 aromatic carbocycles. The molecule has 0 aliphatic carbocycles. The number of hydrogen-bond donors (Lipinski definition) is 3. The molecule has 0 aliphatic rings. The van der Waals surface area contributed by atoms with Crippen LogP contribution in [0.3, 0.4) is 0 Å². The number of aliphatic carboxylic acids is 1.